The van der Waals surface area contributed by atoms with Crippen LogP contribution in [0.15, 0.2) is 255 Å². The molecule has 0 unspecified atom stereocenters. The average Bonchev–Trinajstić information content (AvgIpc) is 3.92. The molecule has 0 fully saturated rings. The molecule has 1 heterocycles. The number of fused-ring (bicyclic) bond motifs is 6. The number of hydrogen-bond donors (Lipinski definition) is 0. The number of hydrogen-bond acceptors (Lipinski definition) is 1. The minimum Gasteiger partial charge on any atom is -0.311 e. The fourth-order valence-electron chi connectivity index (χ4n) is 9.71. The Labute approximate surface area is 380 Å². The highest BCUT2D eigenvalue weighted by molar-refractivity contribution is 6.11. The number of para-hydroxylation sites is 2. The Bertz CT molecular complexity index is 3860. The van der Waals surface area contributed by atoms with Crippen molar-refractivity contribution in [2.24, 2.45) is 0 Å². The first-order valence-electron chi connectivity index (χ1n) is 25.5. The van der Waals surface area contributed by atoms with Gasteiger partial charge in [-0.1, -0.05) is 182 Å². The van der Waals surface area contributed by atoms with Crippen molar-refractivity contribution in [1.29, 1.82) is 0 Å². The molecular weight excluding hydrogens is 761 g/mol. The molecule has 12 rings (SSSR count). The molecule has 296 valence electrons. The molecular formula is C61H42N2. The van der Waals surface area contributed by atoms with Gasteiger partial charge < -0.3 is 9.47 Å². The molecule has 1 aromatic heterocycles. The molecule has 0 aliphatic heterocycles. The first-order chi connectivity index (χ1) is 35.0. The van der Waals surface area contributed by atoms with E-state index in [4.69, 9.17) is 9.60 Å². The summed E-state index contributed by atoms with van der Waals surface area (Å²) in [7, 11) is 0. The Kier molecular flexibility index (Phi) is 6.78. The Hall–Kier alpha value is -8.20. The van der Waals surface area contributed by atoms with Gasteiger partial charge >= 0.3 is 0 Å². The number of aromatic nitrogens is 1. The van der Waals surface area contributed by atoms with Crippen molar-refractivity contribution in [1.82, 2.24) is 4.57 Å². The lowest BCUT2D eigenvalue weighted by Gasteiger charge is -2.34. The van der Waals surface area contributed by atoms with Crippen LogP contribution in [0.4, 0.5) is 17.1 Å². The third kappa shape index (κ3) is 5.95. The second kappa shape index (κ2) is 15.1. The Balaban J connectivity index is 1.02. The van der Waals surface area contributed by atoms with E-state index in [0.717, 1.165) is 44.2 Å². The first kappa shape index (κ1) is 28.3. The van der Waals surface area contributed by atoms with Gasteiger partial charge in [-0.25, -0.2) is 0 Å². The highest BCUT2D eigenvalue weighted by Gasteiger charge is 2.46. The van der Waals surface area contributed by atoms with Gasteiger partial charge in [0.15, 0.2) is 0 Å². The van der Waals surface area contributed by atoms with Crippen LogP contribution >= 0.6 is 0 Å². The Morgan fingerprint density at radius 2 is 0.889 bits per heavy atom. The third-order valence-corrected chi connectivity index (χ3v) is 12.4. The number of rotatable bonds is 8. The summed E-state index contributed by atoms with van der Waals surface area (Å²) >= 11 is 0. The van der Waals surface area contributed by atoms with Crippen molar-refractivity contribution < 1.29 is 12.3 Å². The van der Waals surface area contributed by atoms with Crippen LogP contribution in [0.5, 0.6) is 0 Å². The zero-order chi connectivity index (χ0) is 49.6. The Morgan fingerprint density at radius 3 is 1.56 bits per heavy atom. The maximum absolute atomic E-state index is 9.34. The predicted molar refractivity (Wildman–Crippen MR) is 264 cm³/mol. The number of nitrogens with zero attached hydrogens (tertiary/aromatic N) is 2. The van der Waals surface area contributed by atoms with Crippen molar-refractivity contribution in [3.05, 3.63) is 277 Å². The van der Waals surface area contributed by atoms with Crippen molar-refractivity contribution >= 4 is 38.9 Å². The second-order valence-corrected chi connectivity index (χ2v) is 15.8. The van der Waals surface area contributed by atoms with Gasteiger partial charge in [-0.2, -0.15) is 0 Å². The zero-order valence-electron chi connectivity index (χ0n) is 42.9. The summed E-state index contributed by atoms with van der Waals surface area (Å²) in [6.45, 7) is 0. The second-order valence-electron chi connectivity index (χ2n) is 15.8. The van der Waals surface area contributed by atoms with Crippen LogP contribution in [0.1, 0.15) is 34.6 Å². The highest BCUT2D eigenvalue weighted by Crippen LogP contribution is 2.56. The molecule has 0 radical (unpaired) electrons. The van der Waals surface area contributed by atoms with Crippen LogP contribution in [0.25, 0.3) is 60.9 Å². The molecule has 0 atom stereocenters. The lowest BCUT2D eigenvalue weighted by Crippen LogP contribution is -2.28. The smallest absolute Gasteiger partial charge is 0.0713 e. The summed E-state index contributed by atoms with van der Waals surface area (Å²) in [6.07, 6.45) is 0. The molecule has 11 aromatic rings. The summed E-state index contributed by atoms with van der Waals surface area (Å²) < 4.78 is 81.1. The van der Waals surface area contributed by atoms with E-state index < -0.39 is 59.8 Å². The van der Waals surface area contributed by atoms with E-state index >= 15 is 0 Å². The van der Waals surface area contributed by atoms with Gasteiger partial charge in [0, 0.05) is 33.5 Å². The highest BCUT2D eigenvalue weighted by atomic mass is 15.1. The van der Waals surface area contributed by atoms with Crippen molar-refractivity contribution in [2.75, 3.05) is 4.90 Å². The van der Waals surface area contributed by atoms with Crippen molar-refractivity contribution in [3.8, 4) is 39.1 Å². The molecule has 1 aliphatic rings. The standard InChI is InChI=1S/C61H42N2/c1-5-17-43(18-6-1)44-29-35-51(36-30-44)62(49-21-9-3-10-22-49)52-37-31-45(32-38-52)46-33-39-59-55(41-46)56-42-48(34-40-60(56)63(59)50-23-11-4-12-24-50)61(47-19-7-2-8-20-47)57-27-15-13-25-53(57)54-26-14-16-28-58(54)61/h1-42H/i1D,5D,6D,17D,18D,29D,30D,35D,36D. The molecule has 0 bridgehead atoms. The van der Waals surface area contributed by atoms with E-state index in [-0.39, 0.29) is 16.8 Å². The SMILES string of the molecule is [2H]c1c([2H])c([2H])c(-c2c([2H])c([2H])c(N(c3ccccc3)c3ccc(-c4ccc5c(c4)c4cc(C6(c7ccccc7)c7ccccc7-c7ccccc76)ccc4n5-c4ccccc4)cc3)c([2H])c2[2H])c([2H])c1[2H]. The van der Waals surface area contributed by atoms with E-state index in [1.807, 2.05) is 60.7 Å². The largest absolute Gasteiger partial charge is 0.311 e. The minimum atomic E-state index is -0.623. The van der Waals surface area contributed by atoms with Gasteiger partial charge in [0.1, 0.15) is 0 Å². The molecule has 0 N–H and O–H groups in total. The topological polar surface area (TPSA) is 8.17 Å². The van der Waals surface area contributed by atoms with Gasteiger partial charge in [-0.05, 0) is 128 Å². The minimum absolute atomic E-state index is 0.0493. The fraction of sp³-hybridized carbons (Fsp3) is 0.0164. The quantitative estimate of drug-likeness (QED) is 0.148. The van der Waals surface area contributed by atoms with E-state index in [1.165, 1.54) is 27.8 Å². The number of benzene rings is 10. The zero-order valence-corrected chi connectivity index (χ0v) is 33.9. The van der Waals surface area contributed by atoms with Crippen LogP contribution in [0.3, 0.4) is 0 Å². The summed E-state index contributed by atoms with van der Waals surface area (Å²) in [5.41, 5.74) is 12.1. The maximum atomic E-state index is 9.34. The van der Waals surface area contributed by atoms with Gasteiger partial charge in [-0.15, -0.1) is 0 Å². The van der Waals surface area contributed by atoms with Gasteiger partial charge in [0.2, 0.25) is 0 Å². The lowest BCUT2D eigenvalue weighted by molar-refractivity contribution is 0.770. The van der Waals surface area contributed by atoms with Crippen molar-refractivity contribution in [2.45, 2.75) is 5.41 Å². The summed E-state index contributed by atoms with van der Waals surface area (Å²) in [5, 5.41) is 2.18. The molecule has 1 aliphatic carbocycles. The molecule has 0 amide bonds. The normalized spacial score (nSPS) is 14.6. The molecule has 10 aromatic carbocycles. The Morgan fingerprint density at radius 1 is 0.365 bits per heavy atom. The maximum Gasteiger partial charge on any atom is 0.0713 e. The van der Waals surface area contributed by atoms with Crippen LogP contribution in [-0.2, 0) is 5.41 Å². The van der Waals surface area contributed by atoms with E-state index in [1.54, 1.807) is 4.90 Å². The van der Waals surface area contributed by atoms with Crippen LogP contribution in [0.2, 0.25) is 0 Å². The van der Waals surface area contributed by atoms with E-state index in [0.29, 0.717) is 11.4 Å². The summed E-state index contributed by atoms with van der Waals surface area (Å²) in [4.78, 5) is 1.66. The molecule has 0 saturated carbocycles. The third-order valence-electron chi connectivity index (χ3n) is 12.4. The lowest BCUT2D eigenvalue weighted by atomic mass is 9.67. The van der Waals surface area contributed by atoms with Gasteiger partial charge in [0.25, 0.3) is 0 Å². The molecule has 2 nitrogen and oxygen atoms in total. The fourth-order valence-corrected chi connectivity index (χ4v) is 9.71. The van der Waals surface area contributed by atoms with E-state index in [9.17, 15) is 2.74 Å². The monoisotopic (exact) mass is 811 g/mol. The predicted octanol–water partition coefficient (Wildman–Crippen LogP) is 16.0. The van der Waals surface area contributed by atoms with Crippen molar-refractivity contribution in [3.63, 3.8) is 0 Å². The van der Waals surface area contributed by atoms with Gasteiger partial charge in [-0.3, -0.25) is 0 Å². The first-order valence-corrected chi connectivity index (χ1v) is 21.0. The molecule has 2 heteroatoms. The molecule has 0 spiro atoms. The van der Waals surface area contributed by atoms with Crippen LogP contribution < -0.4 is 4.90 Å². The summed E-state index contributed by atoms with van der Waals surface area (Å²) in [5.74, 6) is 0. The molecule has 0 saturated heterocycles. The molecule has 63 heavy (non-hydrogen) atoms. The summed E-state index contributed by atoms with van der Waals surface area (Å²) in [6, 6.07) is 64.2. The van der Waals surface area contributed by atoms with E-state index in [2.05, 4.69) is 144 Å². The average molecular weight is 812 g/mol. The number of anilines is 3. The van der Waals surface area contributed by atoms with Gasteiger partial charge in [0.05, 0.1) is 28.8 Å². The van der Waals surface area contributed by atoms with Crippen LogP contribution in [0, 0.1) is 0 Å². The van der Waals surface area contributed by atoms with Crippen LogP contribution in [-0.4, -0.2) is 4.57 Å².